The minimum absolute atomic E-state index is 0.317. The smallest absolute Gasteiger partial charge is 0.465 e. The molecular formula is C34H29F3N6O3S. The second kappa shape index (κ2) is 14.8. The molecule has 13 heteroatoms. The number of amidine groups is 1. The number of halogens is 3. The van der Waals surface area contributed by atoms with Crippen LogP contribution < -0.4 is 10.2 Å². The Labute approximate surface area is 273 Å². The monoisotopic (exact) mass is 658 g/mol. The van der Waals surface area contributed by atoms with Crippen molar-refractivity contribution in [3.8, 4) is 22.8 Å². The number of ether oxygens (including phenoxy) is 2. The second-order valence-corrected chi connectivity index (χ2v) is 11.1. The summed E-state index contributed by atoms with van der Waals surface area (Å²) in [6.45, 7) is 4.01. The predicted octanol–water partition coefficient (Wildman–Crippen LogP) is 7.78. The first-order valence-corrected chi connectivity index (χ1v) is 15.2. The van der Waals surface area contributed by atoms with Crippen LogP contribution >= 0.6 is 11.8 Å². The van der Waals surface area contributed by atoms with E-state index < -0.39 is 6.36 Å². The summed E-state index contributed by atoms with van der Waals surface area (Å²) in [5, 5.41) is 9.47. The van der Waals surface area contributed by atoms with Gasteiger partial charge < -0.3 is 9.47 Å². The summed E-state index contributed by atoms with van der Waals surface area (Å²) in [5.41, 5.74) is 9.59. The van der Waals surface area contributed by atoms with Gasteiger partial charge in [0.15, 0.2) is 11.0 Å². The molecule has 4 aromatic carbocycles. The van der Waals surface area contributed by atoms with Crippen LogP contribution in [0, 0.1) is 13.8 Å². The van der Waals surface area contributed by atoms with Crippen LogP contribution in [-0.4, -0.2) is 45.6 Å². The van der Waals surface area contributed by atoms with E-state index in [1.165, 1.54) is 54.1 Å². The maximum absolute atomic E-state index is 12.4. The lowest BCUT2D eigenvalue weighted by Gasteiger charge is -2.09. The highest BCUT2D eigenvalue weighted by Crippen LogP contribution is 2.26. The number of para-hydroxylation sites is 1. The molecule has 5 rings (SSSR count). The number of benzene rings is 4. The average Bonchev–Trinajstić information content (AvgIpc) is 3.55. The Morgan fingerprint density at radius 3 is 2.28 bits per heavy atom. The van der Waals surface area contributed by atoms with Crippen molar-refractivity contribution in [3.05, 3.63) is 125 Å². The van der Waals surface area contributed by atoms with Crippen LogP contribution in [0.3, 0.4) is 0 Å². The molecule has 0 aliphatic heterocycles. The van der Waals surface area contributed by atoms with Gasteiger partial charge in [-0.15, -0.1) is 18.3 Å². The molecule has 0 atom stereocenters. The van der Waals surface area contributed by atoms with Gasteiger partial charge in [0.2, 0.25) is 0 Å². The summed E-state index contributed by atoms with van der Waals surface area (Å²) in [6.07, 6.45) is -1.60. The van der Waals surface area contributed by atoms with E-state index in [1.54, 1.807) is 18.3 Å². The van der Waals surface area contributed by atoms with Crippen molar-refractivity contribution in [1.82, 2.24) is 20.2 Å². The zero-order valence-electron chi connectivity index (χ0n) is 25.5. The van der Waals surface area contributed by atoms with Gasteiger partial charge in [-0.05, 0) is 72.5 Å². The molecule has 1 heterocycles. The van der Waals surface area contributed by atoms with E-state index >= 15 is 0 Å². The first kappa shape index (κ1) is 32.9. The van der Waals surface area contributed by atoms with Crippen molar-refractivity contribution in [3.63, 3.8) is 0 Å². The number of methoxy groups -OCH3 is 1. The topological polar surface area (TPSA) is 103 Å². The number of esters is 1. The lowest BCUT2D eigenvalue weighted by molar-refractivity contribution is -0.274. The third-order valence-corrected chi connectivity index (χ3v) is 7.71. The fourth-order valence-corrected chi connectivity index (χ4v) is 5.15. The normalized spacial score (nSPS) is 11.9. The molecule has 0 aliphatic carbocycles. The Bertz CT molecular complexity index is 1870. The highest BCUT2D eigenvalue weighted by atomic mass is 32.2. The molecule has 5 aromatic rings. The van der Waals surface area contributed by atoms with E-state index in [4.69, 9.17) is 9.73 Å². The first-order valence-electron chi connectivity index (χ1n) is 14.2. The van der Waals surface area contributed by atoms with Crippen molar-refractivity contribution >= 4 is 34.8 Å². The molecule has 0 spiro atoms. The van der Waals surface area contributed by atoms with Crippen LogP contribution in [0.1, 0.15) is 32.6 Å². The molecule has 0 saturated heterocycles. The number of thioether (sulfide) groups is 1. The summed E-state index contributed by atoms with van der Waals surface area (Å²) >= 11 is 1.48. The van der Waals surface area contributed by atoms with Gasteiger partial charge in [0, 0.05) is 11.3 Å². The number of carbonyl (C=O) groups excluding carboxylic acids is 1. The van der Waals surface area contributed by atoms with Crippen LogP contribution in [0.25, 0.3) is 17.1 Å². The van der Waals surface area contributed by atoms with Crippen molar-refractivity contribution in [2.45, 2.75) is 26.0 Å². The minimum Gasteiger partial charge on any atom is -0.465 e. The Morgan fingerprint density at radius 1 is 0.957 bits per heavy atom. The second-order valence-electron chi connectivity index (χ2n) is 10.2. The summed E-state index contributed by atoms with van der Waals surface area (Å²) in [5.74, 6) is 0.334. The summed E-state index contributed by atoms with van der Waals surface area (Å²) in [6, 6.07) is 26.0. The molecule has 0 amide bonds. The number of carbonyl (C=O) groups is 1. The number of nitrogens with one attached hydrogen (secondary N) is 1. The van der Waals surface area contributed by atoms with Gasteiger partial charge in [-0.1, -0.05) is 66.4 Å². The number of alkyl halides is 3. The van der Waals surface area contributed by atoms with Crippen molar-refractivity contribution in [2.24, 2.45) is 10.1 Å². The van der Waals surface area contributed by atoms with E-state index in [9.17, 15) is 18.0 Å². The molecule has 0 fully saturated rings. The van der Waals surface area contributed by atoms with Crippen molar-refractivity contribution < 1.29 is 27.4 Å². The van der Waals surface area contributed by atoms with Gasteiger partial charge in [-0.25, -0.2) is 19.5 Å². The number of aromatic nitrogens is 3. The van der Waals surface area contributed by atoms with Crippen LogP contribution in [0.15, 0.2) is 107 Å². The number of rotatable bonds is 9. The number of nitrogens with zero attached hydrogens (tertiary/aromatic N) is 5. The molecule has 240 valence electrons. The number of aryl methyl sites for hydroxylation is 2. The highest BCUT2D eigenvalue weighted by molar-refractivity contribution is 8.13. The molecule has 47 heavy (non-hydrogen) atoms. The van der Waals surface area contributed by atoms with E-state index in [0.29, 0.717) is 28.0 Å². The van der Waals surface area contributed by atoms with E-state index in [0.717, 1.165) is 33.5 Å². The number of hydrogen-bond acceptors (Lipinski definition) is 8. The SMILES string of the molecule is COC(=O)c1ccc(CSC(=Nc2c(C)cccc2C)N/N=C\c2ccc(-c3ncn(-c4ccc(OC(F)(F)F)cc4)n3)cc2)cc1. The Kier molecular flexibility index (Phi) is 10.4. The predicted molar refractivity (Wildman–Crippen MR) is 176 cm³/mol. The molecular weight excluding hydrogens is 629 g/mol. The first-order chi connectivity index (χ1) is 22.6. The van der Waals surface area contributed by atoms with Crippen LogP contribution in [-0.2, 0) is 10.5 Å². The van der Waals surface area contributed by atoms with Gasteiger partial charge in [-0.3, -0.25) is 5.43 Å². The quantitative estimate of drug-likeness (QED) is 0.0747. The van der Waals surface area contributed by atoms with Gasteiger partial charge in [0.25, 0.3) is 0 Å². The Balaban J connectivity index is 1.26. The van der Waals surface area contributed by atoms with Crippen molar-refractivity contribution in [2.75, 3.05) is 7.11 Å². The molecule has 9 nitrogen and oxygen atoms in total. The van der Waals surface area contributed by atoms with E-state index in [-0.39, 0.29) is 11.7 Å². The maximum Gasteiger partial charge on any atom is 0.573 e. The minimum atomic E-state index is -4.76. The molecule has 1 aromatic heterocycles. The molecule has 1 N–H and O–H groups in total. The largest absolute Gasteiger partial charge is 0.573 e. The zero-order chi connectivity index (χ0) is 33.4. The maximum atomic E-state index is 12.4. The molecule has 0 radical (unpaired) electrons. The molecule has 0 bridgehead atoms. The Hall–Kier alpha value is -5.43. The fraction of sp³-hybridized carbons (Fsp3) is 0.147. The summed E-state index contributed by atoms with van der Waals surface area (Å²) in [4.78, 5) is 21.0. The number of hydrogen-bond donors (Lipinski definition) is 1. The van der Waals surface area contributed by atoms with Gasteiger partial charge in [-0.2, -0.15) is 5.10 Å². The van der Waals surface area contributed by atoms with E-state index in [1.807, 2.05) is 68.4 Å². The lowest BCUT2D eigenvalue weighted by Crippen LogP contribution is -2.17. The van der Waals surface area contributed by atoms with Gasteiger partial charge in [0.1, 0.15) is 12.1 Å². The van der Waals surface area contributed by atoms with Gasteiger partial charge in [0.05, 0.1) is 30.3 Å². The van der Waals surface area contributed by atoms with Crippen LogP contribution in [0.5, 0.6) is 5.75 Å². The zero-order valence-corrected chi connectivity index (χ0v) is 26.3. The van der Waals surface area contributed by atoms with Gasteiger partial charge >= 0.3 is 12.3 Å². The van der Waals surface area contributed by atoms with Crippen molar-refractivity contribution in [1.29, 1.82) is 0 Å². The molecule has 0 saturated carbocycles. The van der Waals surface area contributed by atoms with Crippen LogP contribution in [0.4, 0.5) is 18.9 Å². The Morgan fingerprint density at radius 2 is 1.64 bits per heavy atom. The third kappa shape index (κ3) is 9.07. The molecule has 0 unspecified atom stereocenters. The third-order valence-electron chi connectivity index (χ3n) is 6.77. The van der Waals surface area contributed by atoms with Crippen LogP contribution in [0.2, 0.25) is 0 Å². The van der Waals surface area contributed by atoms with E-state index in [2.05, 4.69) is 25.3 Å². The summed E-state index contributed by atoms with van der Waals surface area (Å²) in [7, 11) is 1.35. The lowest BCUT2D eigenvalue weighted by atomic mass is 10.1. The summed E-state index contributed by atoms with van der Waals surface area (Å²) < 4.78 is 47.5. The number of hydrazone groups is 1. The molecule has 0 aliphatic rings. The highest BCUT2D eigenvalue weighted by Gasteiger charge is 2.31. The average molecular weight is 659 g/mol. The number of aliphatic imine (C=N–C) groups is 1. The standard InChI is InChI=1S/C34H29F3N6O3S/c1-22-5-4-6-23(2)30(22)40-33(47-20-25-9-13-27(14-10-25)32(44)45-3)41-39-19-24-7-11-26(12-8-24)31-38-21-43(42-31)28-15-17-29(18-16-28)46-34(35,36)37/h4-19,21H,20H2,1-3H3,(H,40,41)/b39-19-. The fourth-order valence-electron chi connectivity index (χ4n) is 4.38.